The number of carbonyl (C=O) groups excluding carboxylic acids is 1. The number of aromatic nitrogens is 3. The Kier molecular flexibility index (Phi) is 4.97. The zero-order valence-electron chi connectivity index (χ0n) is 15.8. The van der Waals surface area contributed by atoms with Gasteiger partial charge in [-0.25, -0.2) is 9.97 Å². The second-order valence-electron chi connectivity index (χ2n) is 7.78. The summed E-state index contributed by atoms with van der Waals surface area (Å²) in [6.45, 7) is 7.60. The molecule has 0 aliphatic heterocycles. The van der Waals surface area contributed by atoms with Crippen molar-refractivity contribution in [2.75, 3.05) is 5.32 Å². The van der Waals surface area contributed by atoms with E-state index in [9.17, 15) is 9.90 Å². The highest BCUT2D eigenvalue weighted by Gasteiger charge is 2.29. The molecule has 2 heterocycles. The molecule has 2 N–H and O–H groups in total. The van der Waals surface area contributed by atoms with Crippen molar-refractivity contribution in [1.82, 2.24) is 14.5 Å². The van der Waals surface area contributed by atoms with Crippen LogP contribution in [0.5, 0.6) is 0 Å². The number of imidazole rings is 1. The molecule has 3 rings (SSSR count). The number of aliphatic hydroxyl groups is 1. The number of benzene rings is 1. The van der Waals surface area contributed by atoms with E-state index in [0.717, 1.165) is 0 Å². The third-order valence-corrected chi connectivity index (χ3v) is 4.50. The zero-order chi connectivity index (χ0) is 19.8. The van der Waals surface area contributed by atoms with E-state index < -0.39 is 5.60 Å². The number of hydrogen-bond acceptors (Lipinski definition) is 4. The maximum Gasteiger partial charge on any atom is 0.229 e. The first-order chi connectivity index (χ1) is 12.6. The lowest BCUT2D eigenvalue weighted by molar-refractivity contribution is -0.120. The first-order valence-electron chi connectivity index (χ1n) is 8.71. The van der Waals surface area contributed by atoms with E-state index in [1.165, 1.54) is 0 Å². The normalized spacial score (nSPS) is 14.1. The van der Waals surface area contributed by atoms with E-state index in [-0.39, 0.29) is 17.9 Å². The van der Waals surface area contributed by atoms with Crippen LogP contribution in [0.1, 0.15) is 39.7 Å². The summed E-state index contributed by atoms with van der Waals surface area (Å²) in [5.74, 6) is 0.0388. The monoisotopic (exact) mass is 386 g/mol. The molecule has 3 aromatic rings. The van der Waals surface area contributed by atoms with Crippen molar-refractivity contribution in [3.05, 3.63) is 53.2 Å². The molecule has 0 radical (unpaired) electrons. The highest BCUT2D eigenvalue weighted by atomic mass is 35.5. The molecular formula is C20H23ClN4O2. The molecule has 0 aliphatic carbocycles. The molecule has 142 valence electrons. The van der Waals surface area contributed by atoms with Crippen LogP contribution < -0.4 is 5.32 Å². The Morgan fingerprint density at radius 3 is 2.41 bits per heavy atom. The molecule has 7 heteroatoms. The SMILES string of the molecule is CC(O)(CC(=O)Nc1nc2ccc(Cl)nc2n1C(C)(C)C)c1ccccc1. The number of hydrogen-bond donors (Lipinski definition) is 2. The second kappa shape index (κ2) is 6.94. The van der Waals surface area contributed by atoms with Crippen LogP contribution in [0.2, 0.25) is 5.15 Å². The number of rotatable bonds is 4. The molecule has 1 aromatic carbocycles. The van der Waals surface area contributed by atoms with Gasteiger partial charge in [-0.1, -0.05) is 41.9 Å². The van der Waals surface area contributed by atoms with Crippen LogP contribution in [0.25, 0.3) is 11.2 Å². The molecule has 1 amide bonds. The fourth-order valence-corrected chi connectivity index (χ4v) is 3.18. The van der Waals surface area contributed by atoms with Crippen LogP contribution in [-0.4, -0.2) is 25.5 Å². The van der Waals surface area contributed by atoms with Gasteiger partial charge >= 0.3 is 0 Å². The summed E-state index contributed by atoms with van der Waals surface area (Å²) in [5, 5.41) is 13.9. The Morgan fingerprint density at radius 2 is 1.78 bits per heavy atom. The van der Waals surface area contributed by atoms with Gasteiger partial charge in [0.05, 0.1) is 12.0 Å². The van der Waals surface area contributed by atoms with Crippen LogP contribution in [0.15, 0.2) is 42.5 Å². The van der Waals surface area contributed by atoms with Crippen LogP contribution in [0.3, 0.4) is 0 Å². The average Bonchev–Trinajstić information content (AvgIpc) is 2.92. The predicted octanol–water partition coefficient (Wildman–Crippen LogP) is 4.08. The summed E-state index contributed by atoms with van der Waals surface area (Å²) in [6, 6.07) is 12.5. The highest BCUT2D eigenvalue weighted by Crippen LogP contribution is 2.29. The third-order valence-electron chi connectivity index (χ3n) is 4.29. The molecule has 0 spiro atoms. The number of nitrogens with one attached hydrogen (secondary N) is 1. The minimum atomic E-state index is -1.29. The molecule has 0 aliphatic rings. The number of pyridine rings is 1. The molecule has 27 heavy (non-hydrogen) atoms. The summed E-state index contributed by atoms with van der Waals surface area (Å²) in [7, 11) is 0. The van der Waals surface area contributed by atoms with Gasteiger partial charge in [0.25, 0.3) is 0 Å². The van der Waals surface area contributed by atoms with E-state index in [1.54, 1.807) is 31.2 Å². The first kappa shape index (κ1) is 19.3. The minimum Gasteiger partial charge on any atom is -0.385 e. The molecule has 0 bridgehead atoms. The fourth-order valence-electron chi connectivity index (χ4n) is 3.03. The fraction of sp³-hybridized carbons (Fsp3) is 0.350. The van der Waals surface area contributed by atoms with Crippen LogP contribution in [-0.2, 0) is 15.9 Å². The van der Waals surface area contributed by atoms with Crippen molar-refractivity contribution in [1.29, 1.82) is 0 Å². The lowest BCUT2D eigenvalue weighted by Gasteiger charge is -2.25. The third kappa shape index (κ3) is 4.12. The van der Waals surface area contributed by atoms with E-state index in [4.69, 9.17) is 11.6 Å². The van der Waals surface area contributed by atoms with Crippen LogP contribution >= 0.6 is 11.6 Å². The number of amides is 1. The van der Waals surface area contributed by atoms with Gasteiger partial charge in [0, 0.05) is 5.54 Å². The van der Waals surface area contributed by atoms with Crippen molar-refractivity contribution >= 4 is 34.6 Å². The van der Waals surface area contributed by atoms with Crippen molar-refractivity contribution in [2.24, 2.45) is 0 Å². The second-order valence-corrected chi connectivity index (χ2v) is 8.17. The predicted molar refractivity (Wildman–Crippen MR) is 107 cm³/mol. The Balaban J connectivity index is 1.91. The molecule has 1 atom stereocenters. The summed E-state index contributed by atoms with van der Waals surface area (Å²) in [6.07, 6.45) is -0.0987. The Hall–Kier alpha value is -2.44. The lowest BCUT2D eigenvalue weighted by Crippen LogP contribution is -2.31. The minimum absolute atomic E-state index is 0.0987. The first-order valence-corrected chi connectivity index (χ1v) is 9.09. The highest BCUT2D eigenvalue weighted by molar-refractivity contribution is 6.29. The topological polar surface area (TPSA) is 80.0 Å². The summed E-state index contributed by atoms with van der Waals surface area (Å²) < 4.78 is 1.84. The molecule has 0 saturated carbocycles. The number of carbonyl (C=O) groups is 1. The van der Waals surface area contributed by atoms with E-state index >= 15 is 0 Å². The number of nitrogens with zero attached hydrogens (tertiary/aromatic N) is 3. The standard InChI is InChI=1S/C20H23ClN4O2/c1-19(2,3)25-17-14(10-11-15(21)23-17)22-18(25)24-16(26)12-20(4,27)13-8-6-5-7-9-13/h5-11,27H,12H2,1-4H3,(H,22,24,26). The molecular weight excluding hydrogens is 364 g/mol. The summed E-state index contributed by atoms with van der Waals surface area (Å²) in [5.41, 5.74) is 0.250. The maximum atomic E-state index is 12.7. The van der Waals surface area contributed by atoms with Gasteiger partial charge in [-0.05, 0) is 45.4 Å². The Labute approximate surface area is 163 Å². The average molecular weight is 387 g/mol. The van der Waals surface area contributed by atoms with Gasteiger partial charge in [0.15, 0.2) is 5.65 Å². The van der Waals surface area contributed by atoms with Gasteiger partial charge < -0.3 is 5.11 Å². The van der Waals surface area contributed by atoms with Gasteiger partial charge in [-0.2, -0.15) is 0 Å². The zero-order valence-corrected chi connectivity index (χ0v) is 16.6. The van der Waals surface area contributed by atoms with Crippen molar-refractivity contribution in [2.45, 2.75) is 45.3 Å². The summed E-state index contributed by atoms with van der Waals surface area (Å²) >= 11 is 6.04. The van der Waals surface area contributed by atoms with E-state index in [0.29, 0.717) is 27.8 Å². The molecule has 6 nitrogen and oxygen atoms in total. The number of fused-ring (bicyclic) bond motifs is 1. The van der Waals surface area contributed by atoms with Crippen molar-refractivity contribution in [3.63, 3.8) is 0 Å². The molecule has 2 aromatic heterocycles. The van der Waals surface area contributed by atoms with Gasteiger partial charge in [-0.3, -0.25) is 14.7 Å². The van der Waals surface area contributed by atoms with Crippen molar-refractivity contribution in [3.8, 4) is 0 Å². The van der Waals surface area contributed by atoms with E-state index in [2.05, 4.69) is 15.3 Å². The molecule has 0 saturated heterocycles. The molecule has 0 fully saturated rings. The number of anilines is 1. The number of halogens is 1. The lowest BCUT2D eigenvalue weighted by atomic mass is 9.92. The van der Waals surface area contributed by atoms with Gasteiger partial charge in [0.2, 0.25) is 11.9 Å². The summed E-state index contributed by atoms with van der Waals surface area (Å²) in [4.78, 5) is 21.5. The van der Waals surface area contributed by atoms with Crippen LogP contribution in [0.4, 0.5) is 5.95 Å². The Bertz CT molecular complexity index is 975. The Morgan fingerprint density at radius 1 is 1.11 bits per heavy atom. The molecule has 1 unspecified atom stereocenters. The van der Waals surface area contributed by atoms with Gasteiger partial charge in [0.1, 0.15) is 10.7 Å². The quantitative estimate of drug-likeness (QED) is 0.662. The van der Waals surface area contributed by atoms with Crippen molar-refractivity contribution < 1.29 is 9.90 Å². The smallest absolute Gasteiger partial charge is 0.229 e. The van der Waals surface area contributed by atoms with Crippen LogP contribution in [0, 0.1) is 0 Å². The van der Waals surface area contributed by atoms with E-state index in [1.807, 2.05) is 43.5 Å². The maximum absolute atomic E-state index is 12.7. The van der Waals surface area contributed by atoms with Gasteiger partial charge in [-0.15, -0.1) is 0 Å². The largest absolute Gasteiger partial charge is 0.385 e.